The number of fused-ring (bicyclic) bond motifs is 2. The van der Waals surface area contributed by atoms with Crippen LogP contribution in [-0.4, -0.2) is 86.3 Å². The Bertz CT molecular complexity index is 1960. The number of Topliss-reactive ketones (excluding diaryl/α,β-unsaturated/α-hetero) is 1. The fourth-order valence-electron chi connectivity index (χ4n) is 7.89. The summed E-state index contributed by atoms with van der Waals surface area (Å²) >= 11 is 3.50. The van der Waals surface area contributed by atoms with Crippen LogP contribution in [0.15, 0.2) is 49.1 Å². The minimum Gasteiger partial charge on any atom is -0.493 e. The number of ketones is 1. The maximum absolute atomic E-state index is 14.8. The first-order chi connectivity index (χ1) is 29.2. The van der Waals surface area contributed by atoms with Gasteiger partial charge < -0.3 is 28.9 Å². The Hall–Kier alpha value is -4.01. The molecule has 1 aliphatic carbocycles. The largest absolute Gasteiger partial charge is 0.493 e. The summed E-state index contributed by atoms with van der Waals surface area (Å²) in [7, 11) is -2.53. The van der Waals surface area contributed by atoms with E-state index in [1.165, 1.54) is 6.08 Å². The number of alkyl halides is 1. The molecule has 2 aliphatic heterocycles. The van der Waals surface area contributed by atoms with Crippen LogP contribution in [0.1, 0.15) is 114 Å². The second-order valence-corrected chi connectivity index (χ2v) is 24.9. The lowest BCUT2D eigenvalue weighted by molar-refractivity contribution is -0.146. The van der Waals surface area contributed by atoms with E-state index >= 15 is 0 Å². The first kappa shape index (κ1) is 49.0. The number of aryl methyl sites for hydroxylation is 1. The molecule has 4 atom stereocenters. The van der Waals surface area contributed by atoms with E-state index in [2.05, 4.69) is 61.7 Å². The van der Waals surface area contributed by atoms with Crippen molar-refractivity contribution in [1.29, 1.82) is 0 Å². The van der Waals surface area contributed by atoms with Gasteiger partial charge in [0.1, 0.15) is 19.0 Å². The number of esters is 1. The maximum Gasteiger partial charge on any atom is 0.416 e. The van der Waals surface area contributed by atoms with E-state index in [9.17, 15) is 24.0 Å². The molecule has 2 aromatic carbocycles. The van der Waals surface area contributed by atoms with Crippen LogP contribution in [0.4, 0.5) is 10.5 Å². The van der Waals surface area contributed by atoms with Gasteiger partial charge in [0.25, 0.3) is 5.91 Å². The molecule has 0 aromatic heterocycles. The second-order valence-electron chi connectivity index (χ2n) is 19.3. The number of nitrogens with one attached hydrogen (secondary N) is 1. The lowest BCUT2D eigenvalue weighted by Crippen LogP contribution is -2.58. The van der Waals surface area contributed by atoms with Gasteiger partial charge in [0.2, 0.25) is 5.91 Å². The van der Waals surface area contributed by atoms with Crippen LogP contribution in [0.25, 0.3) is 0 Å². The Balaban J connectivity index is 1.35. The van der Waals surface area contributed by atoms with Gasteiger partial charge in [-0.3, -0.25) is 19.2 Å². The second kappa shape index (κ2) is 20.7. The van der Waals surface area contributed by atoms with E-state index in [1.807, 2.05) is 49.9 Å². The molecule has 1 unspecified atom stereocenters. The van der Waals surface area contributed by atoms with Crippen molar-refractivity contribution in [2.24, 2.45) is 17.3 Å². The molecule has 62 heavy (non-hydrogen) atoms. The normalized spacial score (nSPS) is 19.0. The number of carbonyl (C=O) groups is 5. The maximum atomic E-state index is 14.8. The van der Waals surface area contributed by atoms with E-state index in [0.717, 1.165) is 55.0 Å². The Kier molecular flexibility index (Phi) is 16.3. The SMILES string of the molecule is C=CCOC(=O)C[C@H](C(=O)N[C@@H](C)C(=O)Cc1ccc(COC(=O)N2c3cc(OCCCCCBr)c(C)cc3C(=O)N3CC4(CC4)C[C@H]3C2O[Si](C)(C)C(C)(C)C)cc1)C(C)C. The van der Waals surface area contributed by atoms with E-state index in [4.69, 9.17) is 18.6 Å². The van der Waals surface area contributed by atoms with Gasteiger partial charge >= 0.3 is 12.1 Å². The van der Waals surface area contributed by atoms with E-state index < -0.39 is 38.6 Å². The van der Waals surface area contributed by atoms with E-state index in [1.54, 1.807) is 24.0 Å². The molecule has 1 spiro atoms. The lowest BCUT2D eigenvalue weighted by Gasteiger charge is -2.44. The summed E-state index contributed by atoms with van der Waals surface area (Å²) in [5.74, 6) is -1.36. The third-order valence-electron chi connectivity index (χ3n) is 13.1. The van der Waals surface area contributed by atoms with Crippen LogP contribution in [-0.2, 0) is 41.3 Å². The summed E-state index contributed by atoms with van der Waals surface area (Å²) in [5.41, 5.74) is 3.16. The summed E-state index contributed by atoms with van der Waals surface area (Å²) in [6, 6.07) is 9.78. The van der Waals surface area contributed by atoms with Crippen molar-refractivity contribution in [2.45, 2.75) is 143 Å². The molecule has 2 aromatic rings. The van der Waals surface area contributed by atoms with Crippen molar-refractivity contribution in [1.82, 2.24) is 10.2 Å². The molecule has 340 valence electrons. The van der Waals surface area contributed by atoms with Crippen LogP contribution in [0.5, 0.6) is 5.75 Å². The van der Waals surface area contributed by atoms with Crippen molar-refractivity contribution in [3.63, 3.8) is 0 Å². The average Bonchev–Trinajstić information content (AvgIpc) is 3.88. The number of unbranched alkanes of at least 4 members (excludes halogenated alkanes) is 2. The minimum absolute atomic E-state index is 0.0414. The Labute approximate surface area is 378 Å². The zero-order valence-corrected chi connectivity index (χ0v) is 40.9. The van der Waals surface area contributed by atoms with E-state index in [-0.39, 0.29) is 66.1 Å². The number of hydrogen-bond acceptors (Lipinski definition) is 9. The highest BCUT2D eigenvalue weighted by atomic mass is 79.9. The molecule has 3 amide bonds. The molecular weight excluding hydrogens is 871 g/mol. The first-order valence-corrected chi connectivity index (χ1v) is 26.2. The molecule has 3 aliphatic rings. The van der Waals surface area contributed by atoms with Crippen LogP contribution in [0, 0.1) is 24.2 Å². The number of anilines is 1. The van der Waals surface area contributed by atoms with Crippen molar-refractivity contribution >= 4 is 59.6 Å². The van der Waals surface area contributed by atoms with Crippen molar-refractivity contribution in [3.8, 4) is 5.75 Å². The fourth-order valence-corrected chi connectivity index (χ4v) is 9.51. The lowest BCUT2D eigenvalue weighted by atomic mass is 9.91. The molecule has 2 fully saturated rings. The quantitative estimate of drug-likeness (QED) is 0.0452. The summed E-state index contributed by atoms with van der Waals surface area (Å²) in [5, 5.41) is 3.54. The summed E-state index contributed by atoms with van der Waals surface area (Å²) in [6.07, 6.45) is 5.81. The molecule has 1 saturated carbocycles. The highest BCUT2D eigenvalue weighted by molar-refractivity contribution is 9.09. The highest BCUT2D eigenvalue weighted by Gasteiger charge is 2.59. The molecular formula is C48H68BrN3O9Si. The number of nitrogens with zero attached hydrogens (tertiary/aromatic N) is 2. The van der Waals surface area contributed by atoms with Crippen molar-refractivity contribution in [2.75, 3.05) is 30.0 Å². The zero-order valence-electron chi connectivity index (χ0n) is 38.3. The highest BCUT2D eigenvalue weighted by Crippen LogP contribution is 2.57. The molecule has 1 N–H and O–H groups in total. The molecule has 12 nitrogen and oxygen atoms in total. The molecule has 0 bridgehead atoms. The Morgan fingerprint density at radius 2 is 1.69 bits per heavy atom. The van der Waals surface area contributed by atoms with Crippen LogP contribution < -0.4 is 15.0 Å². The Morgan fingerprint density at radius 3 is 2.31 bits per heavy atom. The van der Waals surface area contributed by atoms with Crippen LogP contribution in [0.3, 0.4) is 0 Å². The molecule has 0 radical (unpaired) electrons. The van der Waals surface area contributed by atoms with Gasteiger partial charge in [0, 0.05) is 24.4 Å². The van der Waals surface area contributed by atoms with Gasteiger partial charge in [-0.05, 0) is 105 Å². The summed E-state index contributed by atoms with van der Waals surface area (Å²) < 4.78 is 24.8. The predicted octanol–water partition coefficient (Wildman–Crippen LogP) is 9.45. The fraction of sp³-hybridized carbons (Fsp3) is 0.604. The third-order valence-corrected chi connectivity index (χ3v) is 18.1. The Morgan fingerprint density at radius 1 is 1.02 bits per heavy atom. The predicted molar refractivity (Wildman–Crippen MR) is 247 cm³/mol. The molecule has 1 saturated heterocycles. The number of hydrogen-bond donors (Lipinski definition) is 1. The van der Waals surface area contributed by atoms with Crippen LogP contribution >= 0.6 is 15.9 Å². The van der Waals surface area contributed by atoms with Crippen molar-refractivity contribution in [3.05, 3.63) is 71.3 Å². The first-order valence-electron chi connectivity index (χ1n) is 22.2. The van der Waals surface area contributed by atoms with Gasteiger partial charge in [-0.25, -0.2) is 9.69 Å². The monoisotopic (exact) mass is 937 g/mol. The molecule has 2 heterocycles. The van der Waals surface area contributed by atoms with Gasteiger partial charge in [-0.2, -0.15) is 0 Å². The van der Waals surface area contributed by atoms with Crippen LogP contribution in [0.2, 0.25) is 18.1 Å². The zero-order chi connectivity index (χ0) is 45.6. The number of rotatable bonds is 20. The third kappa shape index (κ3) is 12.0. The standard InChI is InChI=1S/C48H68BrN3O9Si/c1-11-22-59-42(54)26-36(31(2)3)43(55)50-33(5)40(53)25-34-15-17-35(18-16-34)29-60-46(57)52-38-27-41(58-23-14-12-13-21-49)32(4)24-37(38)44(56)51-30-48(19-20-48)28-39(51)45(52)61-62(9,10)47(6,7)8/h11,15-18,24,27,31,33,36,39,45H,1,12-14,19-23,25-26,28-30H2,2-10H3,(H,50,55)/t33-,36-,39-,45?/m0/s1. The number of benzene rings is 2. The topological polar surface area (TPSA) is 141 Å². The molecule has 5 rings (SSSR count). The molecule has 14 heteroatoms. The van der Waals surface area contributed by atoms with Gasteiger partial charge in [0.15, 0.2) is 20.3 Å². The van der Waals surface area contributed by atoms with Gasteiger partial charge in [-0.15, -0.1) is 0 Å². The number of halogens is 1. The number of carbonyl (C=O) groups excluding carboxylic acids is 5. The summed E-state index contributed by atoms with van der Waals surface area (Å²) in [6.45, 7) is 22.8. The number of amides is 3. The average molecular weight is 939 g/mol. The van der Waals surface area contributed by atoms with Gasteiger partial charge in [-0.1, -0.05) is 87.5 Å². The van der Waals surface area contributed by atoms with Crippen molar-refractivity contribution < 1.29 is 42.6 Å². The smallest absolute Gasteiger partial charge is 0.416 e. The number of ether oxygens (including phenoxy) is 3. The van der Waals surface area contributed by atoms with E-state index in [0.29, 0.717) is 35.7 Å². The minimum atomic E-state index is -2.53. The summed E-state index contributed by atoms with van der Waals surface area (Å²) in [4.78, 5) is 71.5. The van der Waals surface area contributed by atoms with Gasteiger partial charge in [0.05, 0.1) is 42.3 Å².